The van der Waals surface area contributed by atoms with E-state index in [2.05, 4.69) is 78.9 Å². The van der Waals surface area contributed by atoms with Crippen LogP contribution < -0.4 is 0 Å². The molecule has 4 aromatic heterocycles. The van der Waals surface area contributed by atoms with Gasteiger partial charge in [0.05, 0.1) is 15.7 Å². The SMILES string of the molecule is c1ccc(-c2ccc(-c3nc(-c4ccccc4)nc(-c4ccc(-c5ccnc6c5sc5nc7ccccc7nc56)cc4)n3)cc2)cc1. The predicted octanol–water partition coefficient (Wildman–Crippen LogP) is 9.91. The first-order valence-corrected chi connectivity index (χ1v) is 16.1. The molecule has 0 aliphatic rings. The van der Waals surface area contributed by atoms with Crippen LogP contribution >= 0.6 is 11.3 Å². The molecule has 0 fully saturated rings. The zero-order chi connectivity index (χ0) is 31.2. The zero-order valence-corrected chi connectivity index (χ0v) is 25.8. The Hall–Kier alpha value is -6.18. The summed E-state index contributed by atoms with van der Waals surface area (Å²) < 4.78 is 1.07. The van der Waals surface area contributed by atoms with Crippen molar-refractivity contribution in [3.05, 3.63) is 146 Å². The summed E-state index contributed by atoms with van der Waals surface area (Å²) in [5.41, 5.74) is 10.7. The van der Waals surface area contributed by atoms with Gasteiger partial charge in [0, 0.05) is 28.5 Å². The summed E-state index contributed by atoms with van der Waals surface area (Å²) in [6, 6.07) is 47.2. The van der Waals surface area contributed by atoms with E-state index in [-0.39, 0.29) is 0 Å². The average Bonchev–Trinajstić information content (AvgIpc) is 3.52. The molecule has 0 atom stereocenters. The number of pyridine rings is 1. The highest BCUT2D eigenvalue weighted by Crippen LogP contribution is 2.38. The Balaban J connectivity index is 1.11. The van der Waals surface area contributed by atoms with E-state index in [0.29, 0.717) is 17.5 Å². The van der Waals surface area contributed by atoms with Gasteiger partial charge < -0.3 is 0 Å². The van der Waals surface area contributed by atoms with Gasteiger partial charge in [0.1, 0.15) is 15.9 Å². The number of hydrogen-bond donors (Lipinski definition) is 0. The standard InChI is InChI=1S/C40H24N6S/c1-3-9-25(10-4-1)26-15-19-29(20-16-26)38-44-37(28-11-5-2-6-12-28)45-39(46-38)30-21-17-27(18-22-30)31-23-24-41-34-35-40(47-36(31)34)43-33-14-8-7-13-32(33)42-35/h1-24H. The molecule has 9 aromatic rings. The molecule has 0 spiro atoms. The topological polar surface area (TPSA) is 77.3 Å². The van der Waals surface area contributed by atoms with Gasteiger partial charge in [-0.2, -0.15) is 0 Å². The van der Waals surface area contributed by atoms with Crippen molar-refractivity contribution in [1.82, 2.24) is 29.9 Å². The van der Waals surface area contributed by atoms with Crippen LogP contribution in [0, 0.1) is 0 Å². The first kappa shape index (κ1) is 27.2. The van der Waals surface area contributed by atoms with Crippen molar-refractivity contribution < 1.29 is 0 Å². The fourth-order valence-electron chi connectivity index (χ4n) is 5.85. The van der Waals surface area contributed by atoms with Gasteiger partial charge in [-0.25, -0.2) is 24.9 Å². The first-order chi connectivity index (χ1) is 23.3. The number of rotatable bonds is 5. The molecular weight excluding hydrogens is 597 g/mol. The lowest BCUT2D eigenvalue weighted by molar-refractivity contribution is 1.07. The molecular formula is C40H24N6S. The minimum absolute atomic E-state index is 0.620. The Labute approximate surface area is 274 Å². The molecule has 0 unspecified atom stereocenters. The fourth-order valence-corrected chi connectivity index (χ4v) is 6.96. The van der Waals surface area contributed by atoms with Gasteiger partial charge in [-0.15, -0.1) is 11.3 Å². The van der Waals surface area contributed by atoms with Crippen LogP contribution in [-0.2, 0) is 0 Å². The van der Waals surface area contributed by atoms with Crippen molar-refractivity contribution in [3.8, 4) is 56.4 Å². The van der Waals surface area contributed by atoms with Gasteiger partial charge >= 0.3 is 0 Å². The quantitative estimate of drug-likeness (QED) is 0.191. The van der Waals surface area contributed by atoms with Crippen LogP contribution in [0.1, 0.15) is 0 Å². The van der Waals surface area contributed by atoms with Crippen LogP contribution in [0.3, 0.4) is 0 Å². The normalized spacial score (nSPS) is 11.4. The van der Waals surface area contributed by atoms with Crippen LogP contribution in [0.4, 0.5) is 0 Å². The van der Waals surface area contributed by atoms with Crippen molar-refractivity contribution >= 4 is 42.9 Å². The minimum atomic E-state index is 0.620. The summed E-state index contributed by atoms with van der Waals surface area (Å²) in [5.74, 6) is 1.88. The average molecular weight is 621 g/mol. The van der Waals surface area contributed by atoms with E-state index >= 15 is 0 Å². The summed E-state index contributed by atoms with van der Waals surface area (Å²) in [6.45, 7) is 0. The number of benzene rings is 5. The van der Waals surface area contributed by atoms with Crippen LogP contribution in [-0.4, -0.2) is 29.9 Å². The lowest BCUT2D eigenvalue weighted by atomic mass is 10.0. The molecule has 0 aliphatic heterocycles. The molecule has 4 heterocycles. The molecule has 0 N–H and O–H groups in total. The van der Waals surface area contributed by atoms with E-state index < -0.39 is 0 Å². The van der Waals surface area contributed by atoms with E-state index in [1.54, 1.807) is 11.3 Å². The highest BCUT2D eigenvalue weighted by Gasteiger charge is 2.16. The number of nitrogens with zero attached hydrogens (tertiary/aromatic N) is 6. The molecule has 0 bridgehead atoms. The van der Waals surface area contributed by atoms with E-state index in [1.807, 2.05) is 66.9 Å². The summed E-state index contributed by atoms with van der Waals surface area (Å²) in [6.07, 6.45) is 1.85. The molecule has 0 aliphatic carbocycles. The maximum atomic E-state index is 4.96. The van der Waals surface area contributed by atoms with Crippen LogP contribution in [0.5, 0.6) is 0 Å². The lowest BCUT2D eigenvalue weighted by Crippen LogP contribution is -2.00. The number of aromatic nitrogens is 6. The third kappa shape index (κ3) is 4.99. The first-order valence-electron chi connectivity index (χ1n) is 15.3. The predicted molar refractivity (Wildman–Crippen MR) is 191 cm³/mol. The Morgan fingerprint density at radius 3 is 1.45 bits per heavy atom. The maximum Gasteiger partial charge on any atom is 0.164 e. The molecule has 0 saturated carbocycles. The van der Waals surface area contributed by atoms with Gasteiger partial charge in [0.15, 0.2) is 17.5 Å². The van der Waals surface area contributed by atoms with E-state index in [4.69, 9.17) is 29.9 Å². The highest BCUT2D eigenvalue weighted by molar-refractivity contribution is 7.25. The van der Waals surface area contributed by atoms with Crippen LogP contribution in [0.15, 0.2) is 146 Å². The van der Waals surface area contributed by atoms with Gasteiger partial charge in [-0.1, -0.05) is 121 Å². The molecule has 220 valence electrons. The van der Waals surface area contributed by atoms with E-state index in [1.165, 1.54) is 5.56 Å². The molecule has 6 nitrogen and oxygen atoms in total. The summed E-state index contributed by atoms with van der Waals surface area (Å²) in [4.78, 5) is 30.2. The van der Waals surface area contributed by atoms with Crippen molar-refractivity contribution in [2.24, 2.45) is 0 Å². The van der Waals surface area contributed by atoms with Gasteiger partial charge in [-0.05, 0) is 34.9 Å². The number of para-hydroxylation sites is 2. The Morgan fingerprint density at radius 2 is 0.830 bits per heavy atom. The fraction of sp³-hybridized carbons (Fsp3) is 0. The Bertz CT molecular complexity index is 2550. The molecule has 5 aromatic carbocycles. The Kier molecular flexibility index (Phi) is 6.54. The smallest absolute Gasteiger partial charge is 0.164 e. The molecule has 0 amide bonds. The summed E-state index contributed by atoms with van der Waals surface area (Å²) in [7, 11) is 0. The Morgan fingerprint density at radius 1 is 0.362 bits per heavy atom. The van der Waals surface area contributed by atoms with Gasteiger partial charge in [0.25, 0.3) is 0 Å². The summed E-state index contributed by atoms with van der Waals surface area (Å²) >= 11 is 1.63. The number of hydrogen-bond acceptors (Lipinski definition) is 7. The van der Waals surface area contributed by atoms with Gasteiger partial charge in [-0.3, -0.25) is 4.98 Å². The highest BCUT2D eigenvalue weighted by atomic mass is 32.1. The van der Waals surface area contributed by atoms with E-state index in [0.717, 1.165) is 65.0 Å². The largest absolute Gasteiger partial charge is 0.253 e. The maximum absolute atomic E-state index is 4.96. The third-order valence-electron chi connectivity index (χ3n) is 8.24. The zero-order valence-electron chi connectivity index (χ0n) is 24.9. The monoisotopic (exact) mass is 620 g/mol. The van der Waals surface area contributed by atoms with Crippen molar-refractivity contribution in [2.45, 2.75) is 0 Å². The van der Waals surface area contributed by atoms with E-state index in [9.17, 15) is 0 Å². The molecule has 0 radical (unpaired) electrons. The number of thiophene rings is 1. The second-order valence-corrected chi connectivity index (χ2v) is 12.2. The van der Waals surface area contributed by atoms with Crippen molar-refractivity contribution in [3.63, 3.8) is 0 Å². The number of fused-ring (bicyclic) bond motifs is 4. The summed E-state index contributed by atoms with van der Waals surface area (Å²) in [5, 5.41) is 0. The van der Waals surface area contributed by atoms with Crippen LogP contribution in [0.2, 0.25) is 0 Å². The van der Waals surface area contributed by atoms with Crippen molar-refractivity contribution in [2.75, 3.05) is 0 Å². The minimum Gasteiger partial charge on any atom is -0.253 e. The van der Waals surface area contributed by atoms with Gasteiger partial charge in [0.2, 0.25) is 0 Å². The molecule has 0 saturated heterocycles. The second-order valence-electron chi connectivity index (χ2n) is 11.2. The van der Waals surface area contributed by atoms with Crippen LogP contribution in [0.25, 0.3) is 88.0 Å². The molecule has 9 rings (SSSR count). The third-order valence-corrected chi connectivity index (χ3v) is 9.33. The van der Waals surface area contributed by atoms with Crippen molar-refractivity contribution in [1.29, 1.82) is 0 Å². The lowest BCUT2D eigenvalue weighted by Gasteiger charge is -2.10. The second kappa shape index (κ2) is 11.3. The molecule has 7 heteroatoms. The molecule has 47 heavy (non-hydrogen) atoms.